The maximum absolute atomic E-state index is 12.4. The summed E-state index contributed by atoms with van der Waals surface area (Å²) in [4.78, 5) is 12.1. The zero-order valence-corrected chi connectivity index (χ0v) is 18.6. The number of hydrogen-bond acceptors (Lipinski definition) is 4. The fourth-order valence-electron chi connectivity index (χ4n) is 3.47. The molecule has 5 N–H and O–H groups in total. The van der Waals surface area contributed by atoms with Crippen LogP contribution < -0.4 is 10.9 Å². The molecule has 0 radical (unpaired) electrons. The number of primary sulfonamides is 1. The normalized spacial score (nSPS) is 13.1. The van der Waals surface area contributed by atoms with E-state index in [0.29, 0.717) is 32.8 Å². The summed E-state index contributed by atoms with van der Waals surface area (Å²) in [5, 5.41) is 16.2. The molecular weight excluding hydrogens is 436 g/mol. The molecule has 3 aromatic carbocycles. The highest BCUT2D eigenvalue weighted by atomic mass is 35.5. The minimum Gasteiger partial charge on any atom is -0.386 e. The molecule has 1 unspecified atom stereocenters. The van der Waals surface area contributed by atoms with Crippen molar-refractivity contribution in [1.29, 1.82) is 0 Å². The number of halogens is 1. The molecule has 0 aliphatic carbocycles. The molecule has 8 heteroatoms. The number of primary amides is 1. The van der Waals surface area contributed by atoms with Gasteiger partial charge < -0.3 is 10.8 Å². The molecule has 3 aromatic rings. The molecule has 1 amide bonds. The number of sulfonamides is 1. The van der Waals surface area contributed by atoms with E-state index in [9.17, 15) is 18.3 Å². The summed E-state index contributed by atoms with van der Waals surface area (Å²) in [6, 6.07) is 18.2. The second kappa shape index (κ2) is 8.43. The van der Waals surface area contributed by atoms with Gasteiger partial charge in [-0.2, -0.15) is 0 Å². The predicted molar refractivity (Wildman–Crippen MR) is 121 cm³/mol. The quantitative estimate of drug-likeness (QED) is 0.522. The van der Waals surface area contributed by atoms with Gasteiger partial charge in [-0.3, -0.25) is 4.79 Å². The molecule has 6 nitrogen and oxygen atoms in total. The topological polar surface area (TPSA) is 123 Å². The fourth-order valence-corrected chi connectivity index (χ4v) is 4.50. The van der Waals surface area contributed by atoms with Gasteiger partial charge in [-0.25, -0.2) is 13.6 Å². The molecule has 0 saturated carbocycles. The van der Waals surface area contributed by atoms with E-state index in [1.807, 2.05) is 0 Å². The zero-order valence-electron chi connectivity index (χ0n) is 17.0. The first-order chi connectivity index (χ1) is 14.4. The lowest BCUT2D eigenvalue weighted by atomic mass is 9.89. The molecule has 0 fully saturated rings. The lowest BCUT2D eigenvalue weighted by molar-refractivity contribution is -0.118. The van der Waals surface area contributed by atoms with Crippen LogP contribution in [-0.2, 0) is 20.4 Å². The molecule has 3 rings (SSSR count). The van der Waals surface area contributed by atoms with Crippen molar-refractivity contribution in [3.8, 4) is 11.1 Å². The lowest BCUT2D eigenvalue weighted by Gasteiger charge is -2.20. The molecule has 162 valence electrons. The highest BCUT2D eigenvalue weighted by Gasteiger charge is 2.26. The Morgan fingerprint density at radius 3 is 2.29 bits per heavy atom. The first-order valence-corrected chi connectivity index (χ1v) is 11.4. The van der Waals surface area contributed by atoms with E-state index >= 15 is 0 Å². The largest absolute Gasteiger partial charge is 0.386 e. The van der Waals surface area contributed by atoms with Crippen molar-refractivity contribution in [2.45, 2.75) is 30.3 Å². The highest BCUT2D eigenvalue weighted by Crippen LogP contribution is 2.35. The first-order valence-electron chi connectivity index (χ1n) is 9.43. The van der Waals surface area contributed by atoms with Crippen LogP contribution in [0.1, 0.15) is 36.5 Å². The molecule has 0 bridgehead atoms. The fraction of sp³-hybridized carbons (Fsp3) is 0.174. The van der Waals surface area contributed by atoms with Crippen LogP contribution in [0.4, 0.5) is 0 Å². The third-order valence-corrected chi connectivity index (χ3v) is 6.32. The summed E-state index contributed by atoms with van der Waals surface area (Å²) >= 11 is 6.26. The Bertz CT molecular complexity index is 1250. The molecule has 0 aromatic heterocycles. The molecule has 0 aliphatic heterocycles. The van der Waals surface area contributed by atoms with Crippen molar-refractivity contribution in [2.75, 3.05) is 0 Å². The van der Waals surface area contributed by atoms with Crippen LogP contribution >= 0.6 is 11.6 Å². The van der Waals surface area contributed by atoms with Crippen LogP contribution in [0.25, 0.3) is 11.1 Å². The van der Waals surface area contributed by atoms with Gasteiger partial charge in [-0.05, 0) is 54.3 Å². The number of hydrogen-bond donors (Lipinski definition) is 3. The maximum atomic E-state index is 12.4. The Balaban J connectivity index is 2.23. The SMILES string of the molecule is CC(C)(O)c1cccc(-c2ccc(C(C(N)=O)c3ccccc3Cl)cc2S(N)(=O)=O)c1. The summed E-state index contributed by atoms with van der Waals surface area (Å²) in [7, 11) is -4.15. The number of nitrogens with two attached hydrogens (primary N) is 2. The van der Waals surface area contributed by atoms with E-state index in [4.69, 9.17) is 22.5 Å². The second-order valence-electron chi connectivity index (χ2n) is 7.80. The number of carbonyl (C=O) groups excluding carboxylic acids is 1. The monoisotopic (exact) mass is 458 g/mol. The van der Waals surface area contributed by atoms with Crippen molar-refractivity contribution >= 4 is 27.5 Å². The summed E-state index contributed by atoms with van der Waals surface area (Å²) in [5.41, 5.74) is 6.86. The van der Waals surface area contributed by atoms with Crippen LogP contribution in [-0.4, -0.2) is 19.4 Å². The minimum absolute atomic E-state index is 0.156. The lowest BCUT2D eigenvalue weighted by Crippen LogP contribution is -2.23. The van der Waals surface area contributed by atoms with Gasteiger partial charge in [0.1, 0.15) is 0 Å². The van der Waals surface area contributed by atoms with Gasteiger partial charge in [-0.1, -0.05) is 60.1 Å². The van der Waals surface area contributed by atoms with Crippen LogP contribution in [0, 0.1) is 0 Å². The number of aliphatic hydroxyl groups is 1. The number of benzene rings is 3. The third-order valence-electron chi connectivity index (χ3n) is 5.03. The van der Waals surface area contributed by atoms with Crippen molar-refractivity contribution in [3.63, 3.8) is 0 Å². The van der Waals surface area contributed by atoms with Gasteiger partial charge in [0.15, 0.2) is 0 Å². The number of carbonyl (C=O) groups is 1. The second-order valence-corrected chi connectivity index (χ2v) is 9.73. The van der Waals surface area contributed by atoms with E-state index in [0.717, 1.165) is 0 Å². The van der Waals surface area contributed by atoms with E-state index in [2.05, 4.69) is 0 Å². The molecule has 31 heavy (non-hydrogen) atoms. The average molecular weight is 459 g/mol. The van der Waals surface area contributed by atoms with Crippen LogP contribution in [0.2, 0.25) is 5.02 Å². The van der Waals surface area contributed by atoms with Crippen molar-refractivity contribution in [1.82, 2.24) is 0 Å². The Morgan fingerprint density at radius 1 is 1.03 bits per heavy atom. The standard InChI is InChI=1S/C23H23ClN2O4S/c1-23(2,28)16-7-5-6-14(12-16)17-11-10-15(13-20(17)31(26,29)30)21(22(25)27)18-8-3-4-9-19(18)24/h3-13,21,28H,1-2H3,(H2,25,27)(H2,26,29,30). The number of rotatable bonds is 6. The van der Waals surface area contributed by atoms with Crippen LogP contribution in [0.3, 0.4) is 0 Å². The van der Waals surface area contributed by atoms with E-state index in [-0.39, 0.29) is 4.90 Å². The molecule has 0 spiro atoms. The molecular formula is C23H23ClN2O4S. The summed E-state index contributed by atoms with van der Waals surface area (Å²) < 4.78 is 24.9. The van der Waals surface area contributed by atoms with Gasteiger partial charge in [0.05, 0.1) is 16.4 Å². The van der Waals surface area contributed by atoms with Crippen molar-refractivity contribution in [2.24, 2.45) is 10.9 Å². The van der Waals surface area contributed by atoms with Crippen LogP contribution in [0.5, 0.6) is 0 Å². The molecule has 0 heterocycles. The van der Waals surface area contributed by atoms with E-state index < -0.39 is 27.4 Å². The maximum Gasteiger partial charge on any atom is 0.238 e. The zero-order chi connectivity index (χ0) is 23.0. The Kier molecular flexibility index (Phi) is 6.25. The van der Waals surface area contributed by atoms with Gasteiger partial charge in [-0.15, -0.1) is 0 Å². The summed E-state index contributed by atoms with van der Waals surface area (Å²) in [6.07, 6.45) is 0. The van der Waals surface area contributed by atoms with Crippen molar-refractivity contribution < 1.29 is 18.3 Å². The Labute approximate surface area is 186 Å². The van der Waals surface area contributed by atoms with Gasteiger partial charge in [0.25, 0.3) is 0 Å². The first kappa shape index (κ1) is 23.0. The molecule has 1 atom stereocenters. The Hall–Kier alpha value is -2.71. The third kappa shape index (κ3) is 4.97. The smallest absolute Gasteiger partial charge is 0.238 e. The number of amides is 1. The van der Waals surface area contributed by atoms with E-state index in [1.54, 1.807) is 74.5 Å². The minimum atomic E-state index is -4.15. The molecule has 0 saturated heterocycles. The highest BCUT2D eigenvalue weighted by molar-refractivity contribution is 7.89. The summed E-state index contributed by atoms with van der Waals surface area (Å²) in [5.74, 6) is -1.63. The summed E-state index contributed by atoms with van der Waals surface area (Å²) in [6.45, 7) is 3.27. The van der Waals surface area contributed by atoms with Crippen LogP contribution in [0.15, 0.2) is 71.6 Å². The van der Waals surface area contributed by atoms with Gasteiger partial charge in [0, 0.05) is 10.6 Å². The average Bonchev–Trinajstić information content (AvgIpc) is 2.68. The molecule has 0 aliphatic rings. The van der Waals surface area contributed by atoms with Gasteiger partial charge in [0.2, 0.25) is 15.9 Å². The van der Waals surface area contributed by atoms with E-state index in [1.165, 1.54) is 6.07 Å². The van der Waals surface area contributed by atoms with Crippen molar-refractivity contribution in [3.05, 3.63) is 88.4 Å². The Morgan fingerprint density at radius 2 is 1.71 bits per heavy atom. The predicted octanol–water partition coefficient (Wildman–Crippen LogP) is 3.50. The van der Waals surface area contributed by atoms with Gasteiger partial charge >= 0.3 is 0 Å².